The standard InChI is InChI=1S/C11H9BrClN3O/c1-16-5-10(14-6-16)11(17)15-9-3-2-7(13)4-8(9)12/h2-6H,1H3,(H,15,17). The minimum Gasteiger partial charge on any atom is -0.340 e. The van der Waals surface area contributed by atoms with Gasteiger partial charge in [-0.1, -0.05) is 11.6 Å². The molecule has 6 heteroatoms. The molecule has 17 heavy (non-hydrogen) atoms. The summed E-state index contributed by atoms with van der Waals surface area (Å²) in [6, 6.07) is 5.16. The summed E-state index contributed by atoms with van der Waals surface area (Å²) in [6.45, 7) is 0. The monoisotopic (exact) mass is 313 g/mol. The molecule has 1 aromatic heterocycles. The Morgan fingerprint density at radius 3 is 2.88 bits per heavy atom. The number of imidazole rings is 1. The maximum absolute atomic E-state index is 11.8. The Hall–Kier alpha value is -1.33. The van der Waals surface area contributed by atoms with Crippen molar-refractivity contribution < 1.29 is 4.79 Å². The average Bonchev–Trinajstić information content (AvgIpc) is 2.69. The molecule has 1 heterocycles. The van der Waals surface area contributed by atoms with E-state index >= 15 is 0 Å². The number of carbonyl (C=O) groups is 1. The first kappa shape index (κ1) is 12.1. The smallest absolute Gasteiger partial charge is 0.275 e. The van der Waals surface area contributed by atoms with Crippen molar-refractivity contribution in [3.05, 3.63) is 45.9 Å². The molecular formula is C11H9BrClN3O. The number of hydrogen-bond donors (Lipinski definition) is 1. The van der Waals surface area contributed by atoms with Gasteiger partial charge in [-0.3, -0.25) is 4.79 Å². The van der Waals surface area contributed by atoms with Gasteiger partial charge in [-0.05, 0) is 34.1 Å². The fourth-order valence-corrected chi connectivity index (χ4v) is 2.09. The number of amides is 1. The normalized spacial score (nSPS) is 10.3. The molecule has 1 aromatic carbocycles. The molecule has 0 radical (unpaired) electrons. The number of aromatic nitrogens is 2. The number of rotatable bonds is 2. The molecule has 0 fully saturated rings. The molecule has 2 rings (SSSR count). The Morgan fingerprint density at radius 1 is 1.53 bits per heavy atom. The molecule has 0 aliphatic carbocycles. The molecule has 0 aliphatic rings. The van der Waals surface area contributed by atoms with E-state index in [0.29, 0.717) is 16.4 Å². The number of carbonyl (C=O) groups excluding carboxylic acids is 1. The van der Waals surface area contributed by atoms with Gasteiger partial charge in [-0.15, -0.1) is 0 Å². The molecule has 0 bridgehead atoms. The minimum atomic E-state index is -0.256. The lowest BCUT2D eigenvalue weighted by Crippen LogP contribution is -2.12. The molecule has 4 nitrogen and oxygen atoms in total. The number of nitrogens with one attached hydrogen (secondary N) is 1. The highest BCUT2D eigenvalue weighted by Gasteiger charge is 2.10. The van der Waals surface area contributed by atoms with Crippen molar-refractivity contribution in [1.29, 1.82) is 0 Å². The van der Waals surface area contributed by atoms with Crippen LogP contribution in [0.2, 0.25) is 5.02 Å². The maximum Gasteiger partial charge on any atom is 0.275 e. The summed E-state index contributed by atoms with van der Waals surface area (Å²) in [5.74, 6) is -0.256. The first-order chi connectivity index (χ1) is 8.06. The first-order valence-corrected chi connectivity index (χ1v) is 5.98. The molecular weight excluding hydrogens is 305 g/mol. The van der Waals surface area contributed by atoms with Crippen LogP contribution < -0.4 is 5.32 Å². The van der Waals surface area contributed by atoms with Gasteiger partial charge in [0.1, 0.15) is 5.69 Å². The predicted octanol–water partition coefficient (Wildman–Crippen LogP) is 3.09. The van der Waals surface area contributed by atoms with E-state index in [9.17, 15) is 4.79 Å². The van der Waals surface area contributed by atoms with Gasteiger partial charge in [-0.2, -0.15) is 0 Å². The molecule has 0 aliphatic heterocycles. The number of aryl methyl sites for hydroxylation is 1. The van der Waals surface area contributed by atoms with Crippen LogP contribution in [-0.2, 0) is 7.05 Å². The Balaban J connectivity index is 2.18. The van der Waals surface area contributed by atoms with Crippen LogP contribution in [0.4, 0.5) is 5.69 Å². The Morgan fingerprint density at radius 2 is 2.29 bits per heavy atom. The molecule has 0 spiro atoms. The Labute approximate surface area is 112 Å². The summed E-state index contributed by atoms with van der Waals surface area (Å²) in [4.78, 5) is 15.8. The molecule has 88 valence electrons. The summed E-state index contributed by atoms with van der Waals surface area (Å²) >= 11 is 9.14. The predicted molar refractivity (Wildman–Crippen MR) is 70.3 cm³/mol. The van der Waals surface area contributed by atoms with Gasteiger partial charge >= 0.3 is 0 Å². The number of halogens is 2. The van der Waals surface area contributed by atoms with Gasteiger partial charge in [0, 0.05) is 22.7 Å². The summed E-state index contributed by atoms with van der Waals surface area (Å²) in [5, 5.41) is 3.35. The highest BCUT2D eigenvalue weighted by Crippen LogP contribution is 2.26. The Kier molecular flexibility index (Phi) is 3.49. The quantitative estimate of drug-likeness (QED) is 0.926. The van der Waals surface area contributed by atoms with E-state index in [4.69, 9.17) is 11.6 Å². The average molecular weight is 315 g/mol. The third-order valence-corrected chi connectivity index (χ3v) is 3.01. The lowest BCUT2D eigenvalue weighted by Gasteiger charge is -2.05. The van der Waals surface area contributed by atoms with Crippen molar-refractivity contribution in [2.75, 3.05) is 5.32 Å². The van der Waals surface area contributed by atoms with Crippen LogP contribution in [0, 0.1) is 0 Å². The summed E-state index contributed by atoms with van der Waals surface area (Å²) in [7, 11) is 1.81. The third-order valence-electron chi connectivity index (χ3n) is 2.12. The second-order valence-corrected chi connectivity index (χ2v) is 4.79. The number of nitrogens with zero attached hydrogens (tertiary/aromatic N) is 2. The molecule has 0 atom stereocenters. The number of benzene rings is 1. The van der Waals surface area contributed by atoms with Crippen LogP contribution in [0.5, 0.6) is 0 Å². The van der Waals surface area contributed by atoms with Gasteiger partial charge in [-0.25, -0.2) is 4.98 Å². The molecule has 0 saturated heterocycles. The van der Waals surface area contributed by atoms with Crippen LogP contribution in [0.25, 0.3) is 0 Å². The second-order valence-electron chi connectivity index (χ2n) is 3.50. The van der Waals surface area contributed by atoms with Crippen LogP contribution in [0.1, 0.15) is 10.5 Å². The molecule has 0 unspecified atom stereocenters. The van der Waals surface area contributed by atoms with Gasteiger partial charge in [0.05, 0.1) is 12.0 Å². The highest BCUT2D eigenvalue weighted by molar-refractivity contribution is 9.10. The summed E-state index contributed by atoms with van der Waals surface area (Å²) in [5.41, 5.74) is 1.03. The van der Waals surface area contributed by atoms with E-state index in [0.717, 1.165) is 4.47 Å². The van der Waals surface area contributed by atoms with Crippen LogP contribution in [0.3, 0.4) is 0 Å². The lowest BCUT2D eigenvalue weighted by atomic mass is 10.3. The largest absolute Gasteiger partial charge is 0.340 e. The molecule has 0 saturated carbocycles. The van der Waals surface area contributed by atoms with Crippen molar-refractivity contribution in [2.24, 2.45) is 7.05 Å². The maximum atomic E-state index is 11.8. The zero-order chi connectivity index (χ0) is 12.4. The lowest BCUT2D eigenvalue weighted by molar-refractivity contribution is 0.102. The van der Waals surface area contributed by atoms with E-state index in [1.165, 1.54) is 0 Å². The van der Waals surface area contributed by atoms with Crippen molar-refractivity contribution in [1.82, 2.24) is 9.55 Å². The van der Waals surface area contributed by atoms with Crippen molar-refractivity contribution >= 4 is 39.1 Å². The second kappa shape index (κ2) is 4.89. The fraction of sp³-hybridized carbons (Fsp3) is 0.0909. The zero-order valence-electron chi connectivity index (χ0n) is 8.95. The number of hydrogen-bond acceptors (Lipinski definition) is 2. The van der Waals surface area contributed by atoms with Gasteiger partial charge in [0.25, 0.3) is 5.91 Å². The van der Waals surface area contributed by atoms with Crippen molar-refractivity contribution in [3.8, 4) is 0 Å². The Bertz CT molecular complexity index is 568. The topological polar surface area (TPSA) is 46.9 Å². The van der Waals surface area contributed by atoms with Gasteiger partial charge in [0.2, 0.25) is 0 Å². The van der Waals surface area contributed by atoms with Crippen LogP contribution >= 0.6 is 27.5 Å². The SMILES string of the molecule is Cn1cnc(C(=O)Nc2ccc(Cl)cc2Br)c1. The molecule has 1 amide bonds. The van der Waals surface area contributed by atoms with E-state index in [1.807, 2.05) is 7.05 Å². The molecule has 2 aromatic rings. The van der Waals surface area contributed by atoms with E-state index in [1.54, 1.807) is 35.3 Å². The molecule has 1 N–H and O–H groups in total. The van der Waals surface area contributed by atoms with Gasteiger partial charge < -0.3 is 9.88 Å². The highest BCUT2D eigenvalue weighted by atomic mass is 79.9. The summed E-state index contributed by atoms with van der Waals surface area (Å²) < 4.78 is 2.44. The van der Waals surface area contributed by atoms with Crippen LogP contribution in [0.15, 0.2) is 35.2 Å². The first-order valence-electron chi connectivity index (χ1n) is 4.80. The van der Waals surface area contributed by atoms with E-state index in [2.05, 4.69) is 26.2 Å². The zero-order valence-corrected chi connectivity index (χ0v) is 11.3. The van der Waals surface area contributed by atoms with Crippen LogP contribution in [-0.4, -0.2) is 15.5 Å². The van der Waals surface area contributed by atoms with Crippen molar-refractivity contribution in [2.45, 2.75) is 0 Å². The van der Waals surface area contributed by atoms with Crippen molar-refractivity contribution in [3.63, 3.8) is 0 Å². The van der Waals surface area contributed by atoms with E-state index in [-0.39, 0.29) is 5.91 Å². The number of anilines is 1. The minimum absolute atomic E-state index is 0.256. The third kappa shape index (κ3) is 2.87. The van der Waals surface area contributed by atoms with E-state index < -0.39 is 0 Å². The van der Waals surface area contributed by atoms with Gasteiger partial charge in [0.15, 0.2) is 0 Å². The summed E-state index contributed by atoms with van der Waals surface area (Å²) in [6.07, 6.45) is 3.23. The fourth-order valence-electron chi connectivity index (χ4n) is 1.31.